The molecule has 0 bridgehead atoms. The molecule has 0 N–H and O–H groups in total. The highest BCUT2D eigenvalue weighted by Gasteiger charge is 2.40. The van der Waals surface area contributed by atoms with Crippen LogP contribution in [0.1, 0.15) is 88.7 Å². The number of ether oxygens (including phenoxy) is 2. The van der Waals surface area contributed by atoms with E-state index in [0.29, 0.717) is 17.5 Å². The van der Waals surface area contributed by atoms with E-state index in [1.165, 1.54) is 45.4 Å². The zero-order chi connectivity index (χ0) is 29.6. The number of halogens is 6. The third-order valence-electron chi connectivity index (χ3n) is 7.94. The maximum Gasteiger partial charge on any atom is 0.429 e. The van der Waals surface area contributed by atoms with Crippen molar-refractivity contribution in [3.05, 3.63) is 82.9 Å². The molecular formula is C33H36F6O2. The van der Waals surface area contributed by atoms with E-state index < -0.39 is 46.4 Å². The molecule has 8 heteroatoms. The molecule has 222 valence electrons. The summed E-state index contributed by atoms with van der Waals surface area (Å²) < 4.78 is 97.3. The van der Waals surface area contributed by atoms with Crippen LogP contribution in [0.3, 0.4) is 0 Å². The van der Waals surface area contributed by atoms with E-state index in [2.05, 4.69) is 11.7 Å². The summed E-state index contributed by atoms with van der Waals surface area (Å²) in [6.07, 6.45) is 6.30. The van der Waals surface area contributed by atoms with Gasteiger partial charge in [0.2, 0.25) is 11.6 Å². The van der Waals surface area contributed by atoms with Gasteiger partial charge in [0.25, 0.3) is 0 Å². The van der Waals surface area contributed by atoms with Crippen LogP contribution in [0.5, 0.6) is 11.5 Å². The smallest absolute Gasteiger partial charge is 0.429 e. The molecule has 1 aliphatic carbocycles. The average molecular weight is 579 g/mol. The van der Waals surface area contributed by atoms with Crippen molar-refractivity contribution < 1.29 is 35.8 Å². The molecule has 3 aromatic carbocycles. The van der Waals surface area contributed by atoms with Crippen molar-refractivity contribution in [3.8, 4) is 22.6 Å². The monoisotopic (exact) mass is 578 g/mol. The number of hydrogen-bond donors (Lipinski definition) is 0. The van der Waals surface area contributed by atoms with Gasteiger partial charge < -0.3 is 9.47 Å². The Hall–Kier alpha value is -3.16. The average Bonchev–Trinajstić information content (AvgIpc) is 3.20. The number of unbranched alkanes of at least 4 members (excludes halogenated alkanes) is 2. The summed E-state index contributed by atoms with van der Waals surface area (Å²) in [7, 11) is 0. The van der Waals surface area contributed by atoms with Crippen LogP contribution in [0.4, 0.5) is 26.3 Å². The van der Waals surface area contributed by atoms with Gasteiger partial charge in [0, 0.05) is 5.56 Å². The minimum absolute atomic E-state index is 0.0203. The fourth-order valence-electron chi connectivity index (χ4n) is 5.67. The maximum absolute atomic E-state index is 15.1. The Balaban J connectivity index is 1.48. The number of benzene rings is 3. The van der Waals surface area contributed by atoms with Crippen LogP contribution in [-0.4, -0.2) is 6.61 Å². The number of hydrogen-bond acceptors (Lipinski definition) is 2. The predicted octanol–water partition coefficient (Wildman–Crippen LogP) is 10.7. The van der Waals surface area contributed by atoms with E-state index in [1.54, 1.807) is 12.1 Å². The molecule has 2 atom stereocenters. The summed E-state index contributed by atoms with van der Waals surface area (Å²) in [5.41, 5.74) is -0.156. The second kappa shape index (κ2) is 13.7. The zero-order valence-electron chi connectivity index (χ0n) is 23.4. The van der Waals surface area contributed by atoms with Crippen molar-refractivity contribution in [2.45, 2.75) is 83.7 Å². The van der Waals surface area contributed by atoms with E-state index in [9.17, 15) is 22.0 Å². The first kappa shape index (κ1) is 30.8. The van der Waals surface area contributed by atoms with Crippen LogP contribution in [0, 0.1) is 29.2 Å². The van der Waals surface area contributed by atoms with Crippen molar-refractivity contribution in [2.24, 2.45) is 5.92 Å². The molecule has 0 aliphatic heterocycles. The van der Waals surface area contributed by atoms with E-state index in [0.717, 1.165) is 48.9 Å². The molecule has 2 unspecified atom stereocenters. The first-order valence-corrected chi connectivity index (χ1v) is 14.4. The third kappa shape index (κ3) is 7.19. The van der Waals surface area contributed by atoms with E-state index in [-0.39, 0.29) is 12.2 Å². The van der Waals surface area contributed by atoms with Gasteiger partial charge in [-0.15, -0.1) is 0 Å². The molecule has 0 saturated heterocycles. The van der Waals surface area contributed by atoms with E-state index >= 15 is 4.39 Å². The Kier molecular flexibility index (Phi) is 10.3. The molecule has 41 heavy (non-hydrogen) atoms. The summed E-state index contributed by atoms with van der Waals surface area (Å²) in [6, 6.07) is 10.5. The minimum atomic E-state index is -4.48. The molecule has 0 aromatic heterocycles. The van der Waals surface area contributed by atoms with Gasteiger partial charge in [-0.05, 0) is 67.3 Å². The molecule has 1 fully saturated rings. The highest BCUT2D eigenvalue weighted by molar-refractivity contribution is 5.65. The Labute approximate surface area is 237 Å². The first-order valence-electron chi connectivity index (χ1n) is 14.4. The molecule has 3 aromatic rings. The van der Waals surface area contributed by atoms with Crippen LogP contribution < -0.4 is 9.47 Å². The Morgan fingerprint density at radius 1 is 0.732 bits per heavy atom. The molecule has 0 amide bonds. The molecule has 1 saturated carbocycles. The second-order valence-corrected chi connectivity index (χ2v) is 10.7. The normalized spacial score (nSPS) is 17.8. The molecular weight excluding hydrogens is 542 g/mol. The van der Waals surface area contributed by atoms with Crippen molar-refractivity contribution in [3.63, 3.8) is 0 Å². The van der Waals surface area contributed by atoms with Crippen LogP contribution >= 0.6 is 0 Å². The molecule has 0 spiro atoms. The van der Waals surface area contributed by atoms with E-state index in [1.807, 2.05) is 12.1 Å². The second-order valence-electron chi connectivity index (χ2n) is 10.7. The van der Waals surface area contributed by atoms with Crippen molar-refractivity contribution in [1.29, 1.82) is 0 Å². The summed E-state index contributed by atoms with van der Waals surface area (Å²) >= 11 is 0. The standard InChI is InChI=1S/C33H36F6O2/c1-3-5-6-8-21-9-7-10-22(12-11-21)23-13-15-24(16-14-23)25-17-18-26(30(35)29(25)34)33(38,39)41-28-20-19-27(40-4-2)31(36)32(28)37/h13-22H,3-12H2,1-2H3. The molecule has 2 nitrogen and oxygen atoms in total. The van der Waals surface area contributed by atoms with Crippen LogP contribution in [0.15, 0.2) is 48.5 Å². The fourth-order valence-corrected chi connectivity index (χ4v) is 5.67. The fraction of sp³-hybridized carbons (Fsp3) is 0.455. The Morgan fingerprint density at radius 2 is 1.44 bits per heavy atom. The van der Waals surface area contributed by atoms with Gasteiger partial charge in [-0.25, -0.2) is 8.78 Å². The van der Waals surface area contributed by atoms with Gasteiger partial charge in [0.15, 0.2) is 23.1 Å². The lowest BCUT2D eigenvalue weighted by Crippen LogP contribution is -2.25. The molecule has 0 radical (unpaired) electrons. The summed E-state index contributed by atoms with van der Waals surface area (Å²) in [5, 5.41) is 0. The number of alkyl halides is 2. The summed E-state index contributed by atoms with van der Waals surface area (Å²) in [4.78, 5) is 0. The van der Waals surface area contributed by atoms with E-state index in [4.69, 9.17) is 4.74 Å². The van der Waals surface area contributed by atoms with Gasteiger partial charge in [0.05, 0.1) is 6.61 Å². The first-order chi connectivity index (χ1) is 19.7. The van der Waals surface area contributed by atoms with Gasteiger partial charge in [-0.1, -0.05) is 75.8 Å². The zero-order valence-corrected chi connectivity index (χ0v) is 23.4. The van der Waals surface area contributed by atoms with Crippen molar-refractivity contribution >= 4 is 0 Å². The maximum atomic E-state index is 15.1. The summed E-state index contributed by atoms with van der Waals surface area (Å²) in [6.45, 7) is 3.77. The van der Waals surface area contributed by atoms with Gasteiger partial charge in [-0.2, -0.15) is 17.6 Å². The topological polar surface area (TPSA) is 18.5 Å². The van der Waals surface area contributed by atoms with Crippen LogP contribution in [-0.2, 0) is 6.11 Å². The largest absolute Gasteiger partial charge is 0.491 e. The van der Waals surface area contributed by atoms with Crippen LogP contribution in [0.2, 0.25) is 0 Å². The van der Waals surface area contributed by atoms with Crippen LogP contribution in [0.25, 0.3) is 11.1 Å². The van der Waals surface area contributed by atoms with Gasteiger partial charge in [0.1, 0.15) is 5.56 Å². The highest BCUT2D eigenvalue weighted by Crippen LogP contribution is 2.40. The SMILES string of the molecule is CCCCCC1CCCC(c2ccc(-c3ccc(C(F)(F)Oc4ccc(OCC)c(F)c4F)c(F)c3F)cc2)CC1. The lowest BCUT2D eigenvalue weighted by Gasteiger charge is -2.20. The van der Waals surface area contributed by atoms with Crippen molar-refractivity contribution in [1.82, 2.24) is 0 Å². The van der Waals surface area contributed by atoms with Gasteiger partial charge in [-0.3, -0.25) is 0 Å². The Morgan fingerprint density at radius 3 is 2.15 bits per heavy atom. The predicted molar refractivity (Wildman–Crippen MR) is 147 cm³/mol. The lowest BCUT2D eigenvalue weighted by atomic mass is 9.89. The molecule has 0 heterocycles. The molecule has 1 aliphatic rings. The highest BCUT2D eigenvalue weighted by atomic mass is 19.3. The number of rotatable bonds is 11. The van der Waals surface area contributed by atoms with Gasteiger partial charge >= 0.3 is 6.11 Å². The minimum Gasteiger partial charge on any atom is -0.491 e. The lowest BCUT2D eigenvalue weighted by molar-refractivity contribution is -0.189. The quantitative estimate of drug-likeness (QED) is 0.128. The Bertz CT molecular complexity index is 1310. The molecule has 4 rings (SSSR count). The third-order valence-corrected chi connectivity index (χ3v) is 7.94. The van der Waals surface area contributed by atoms with Crippen molar-refractivity contribution in [2.75, 3.05) is 6.61 Å². The summed E-state index contributed by atoms with van der Waals surface area (Å²) in [5.74, 6) is -7.07.